The van der Waals surface area contributed by atoms with E-state index >= 15 is 0 Å². The number of nitrogens with zero attached hydrogens (tertiary/aromatic N) is 2. The summed E-state index contributed by atoms with van der Waals surface area (Å²) in [5.74, 6) is 1.30. The Bertz CT molecular complexity index is 767. The summed E-state index contributed by atoms with van der Waals surface area (Å²) in [5.41, 5.74) is 1.10. The number of nitrogens with one attached hydrogen (secondary N) is 1. The average Bonchev–Trinajstić information content (AvgIpc) is 2.94. The van der Waals surface area contributed by atoms with Gasteiger partial charge in [-0.15, -0.1) is 0 Å². The summed E-state index contributed by atoms with van der Waals surface area (Å²) in [6.45, 7) is 0.189. The Hall–Kier alpha value is -3.27. The van der Waals surface area contributed by atoms with Gasteiger partial charge in [0.25, 0.3) is 5.69 Å². The zero-order chi connectivity index (χ0) is 14.8. The van der Waals surface area contributed by atoms with Crippen molar-refractivity contribution in [3.8, 4) is 17.6 Å². The quantitative estimate of drug-likeness (QED) is 0.687. The van der Waals surface area contributed by atoms with Gasteiger partial charge < -0.3 is 14.8 Å². The van der Waals surface area contributed by atoms with Crippen LogP contribution in [0, 0.1) is 21.4 Å². The smallest absolute Gasteiger partial charge is 0.287 e. The molecule has 1 aliphatic rings. The standard InChI is InChI=1S/C14H9N3O4/c15-7-9-5-10(1-3-12(9)17(18)19)16-11-2-4-13-14(6-11)21-8-20-13/h1-6,16H,8H2. The van der Waals surface area contributed by atoms with Crippen molar-refractivity contribution >= 4 is 17.1 Å². The Morgan fingerprint density at radius 2 is 1.86 bits per heavy atom. The van der Waals surface area contributed by atoms with E-state index in [-0.39, 0.29) is 18.0 Å². The van der Waals surface area contributed by atoms with Gasteiger partial charge in [0.2, 0.25) is 6.79 Å². The van der Waals surface area contributed by atoms with E-state index < -0.39 is 4.92 Å². The van der Waals surface area contributed by atoms with E-state index in [9.17, 15) is 10.1 Å². The molecule has 0 aromatic heterocycles. The van der Waals surface area contributed by atoms with Crippen LogP contribution < -0.4 is 14.8 Å². The Kier molecular flexibility index (Phi) is 3.04. The summed E-state index contributed by atoms with van der Waals surface area (Å²) in [5, 5.41) is 22.8. The predicted molar refractivity (Wildman–Crippen MR) is 73.7 cm³/mol. The lowest BCUT2D eigenvalue weighted by atomic mass is 10.1. The lowest BCUT2D eigenvalue weighted by Crippen LogP contribution is -1.95. The number of anilines is 2. The third-order valence-electron chi connectivity index (χ3n) is 2.97. The molecule has 0 saturated carbocycles. The fourth-order valence-electron chi connectivity index (χ4n) is 2.00. The van der Waals surface area contributed by atoms with Gasteiger partial charge >= 0.3 is 0 Å². The maximum atomic E-state index is 10.8. The molecular formula is C14H9N3O4. The second-order valence-corrected chi connectivity index (χ2v) is 4.29. The molecule has 1 heterocycles. The molecule has 3 rings (SSSR count). The molecule has 0 saturated heterocycles. The molecular weight excluding hydrogens is 274 g/mol. The van der Waals surface area contributed by atoms with E-state index in [0.29, 0.717) is 17.2 Å². The molecule has 2 aromatic carbocycles. The molecule has 7 heteroatoms. The highest BCUT2D eigenvalue weighted by Crippen LogP contribution is 2.35. The molecule has 2 aromatic rings. The van der Waals surface area contributed by atoms with Gasteiger partial charge in [0.15, 0.2) is 11.5 Å². The van der Waals surface area contributed by atoms with Gasteiger partial charge in [0, 0.05) is 23.5 Å². The topological polar surface area (TPSA) is 97.4 Å². The van der Waals surface area contributed by atoms with Crippen molar-refractivity contribution in [3.05, 3.63) is 52.1 Å². The number of hydrogen-bond donors (Lipinski definition) is 1. The molecule has 0 atom stereocenters. The average molecular weight is 283 g/mol. The maximum absolute atomic E-state index is 10.8. The third kappa shape index (κ3) is 2.42. The summed E-state index contributed by atoms with van der Waals surface area (Å²) < 4.78 is 10.5. The van der Waals surface area contributed by atoms with Crippen molar-refractivity contribution in [1.29, 1.82) is 5.26 Å². The van der Waals surface area contributed by atoms with Gasteiger partial charge in [-0.2, -0.15) is 5.26 Å². The van der Waals surface area contributed by atoms with Crippen LogP contribution >= 0.6 is 0 Å². The van der Waals surface area contributed by atoms with Crippen LogP contribution in [0.4, 0.5) is 17.1 Å². The Labute approximate surface area is 119 Å². The molecule has 0 aliphatic carbocycles. The van der Waals surface area contributed by atoms with Crippen molar-refractivity contribution in [2.75, 3.05) is 12.1 Å². The minimum Gasteiger partial charge on any atom is -0.454 e. The van der Waals surface area contributed by atoms with Crippen LogP contribution in [-0.2, 0) is 0 Å². The van der Waals surface area contributed by atoms with E-state index in [2.05, 4.69) is 5.32 Å². The summed E-state index contributed by atoms with van der Waals surface area (Å²) in [6, 6.07) is 11.4. The second-order valence-electron chi connectivity index (χ2n) is 4.29. The lowest BCUT2D eigenvalue weighted by Gasteiger charge is -2.07. The first kappa shape index (κ1) is 12.7. The van der Waals surface area contributed by atoms with Gasteiger partial charge in [-0.1, -0.05) is 0 Å². The van der Waals surface area contributed by atoms with Crippen molar-refractivity contribution < 1.29 is 14.4 Å². The fourth-order valence-corrected chi connectivity index (χ4v) is 2.00. The number of nitro benzene ring substituents is 1. The molecule has 104 valence electrons. The van der Waals surface area contributed by atoms with Crippen LogP contribution in [0.3, 0.4) is 0 Å². The predicted octanol–water partition coefficient (Wildman–Crippen LogP) is 2.94. The van der Waals surface area contributed by atoms with Crippen molar-refractivity contribution in [3.63, 3.8) is 0 Å². The zero-order valence-corrected chi connectivity index (χ0v) is 10.7. The van der Waals surface area contributed by atoms with Crippen LogP contribution in [0.25, 0.3) is 0 Å². The summed E-state index contributed by atoms with van der Waals surface area (Å²) in [4.78, 5) is 10.2. The van der Waals surface area contributed by atoms with Crippen LogP contribution in [0.15, 0.2) is 36.4 Å². The number of ether oxygens (including phenoxy) is 2. The van der Waals surface area contributed by atoms with Crippen molar-refractivity contribution in [2.45, 2.75) is 0 Å². The highest BCUT2D eigenvalue weighted by atomic mass is 16.7. The molecule has 1 aliphatic heterocycles. The first-order chi connectivity index (χ1) is 10.2. The maximum Gasteiger partial charge on any atom is 0.287 e. The zero-order valence-electron chi connectivity index (χ0n) is 10.7. The monoisotopic (exact) mass is 283 g/mol. The Balaban J connectivity index is 1.88. The molecule has 7 nitrogen and oxygen atoms in total. The first-order valence-corrected chi connectivity index (χ1v) is 6.02. The molecule has 0 amide bonds. The lowest BCUT2D eigenvalue weighted by molar-refractivity contribution is -0.385. The normalized spacial score (nSPS) is 11.8. The van der Waals surface area contributed by atoms with E-state index in [1.807, 2.05) is 6.07 Å². The second kappa shape index (κ2) is 5.02. The fraction of sp³-hybridized carbons (Fsp3) is 0.0714. The van der Waals surface area contributed by atoms with Crippen molar-refractivity contribution in [1.82, 2.24) is 0 Å². The summed E-state index contributed by atoms with van der Waals surface area (Å²) >= 11 is 0. The Morgan fingerprint density at radius 3 is 2.62 bits per heavy atom. The molecule has 1 N–H and O–H groups in total. The number of hydrogen-bond acceptors (Lipinski definition) is 6. The Morgan fingerprint density at radius 1 is 1.14 bits per heavy atom. The van der Waals surface area contributed by atoms with Gasteiger partial charge in [0.05, 0.1) is 4.92 Å². The highest BCUT2D eigenvalue weighted by molar-refractivity contribution is 5.67. The van der Waals surface area contributed by atoms with Crippen LogP contribution in [0.5, 0.6) is 11.5 Å². The van der Waals surface area contributed by atoms with E-state index in [0.717, 1.165) is 5.69 Å². The molecule has 0 unspecified atom stereocenters. The van der Waals surface area contributed by atoms with Crippen molar-refractivity contribution in [2.24, 2.45) is 0 Å². The van der Waals surface area contributed by atoms with Gasteiger partial charge in [0.1, 0.15) is 11.6 Å². The number of nitriles is 1. The molecule has 0 radical (unpaired) electrons. The molecule has 0 spiro atoms. The number of rotatable bonds is 3. The van der Waals surface area contributed by atoms with E-state index in [1.54, 1.807) is 24.3 Å². The van der Waals surface area contributed by atoms with Gasteiger partial charge in [-0.05, 0) is 24.3 Å². The largest absolute Gasteiger partial charge is 0.454 e. The van der Waals surface area contributed by atoms with Gasteiger partial charge in [-0.25, -0.2) is 0 Å². The van der Waals surface area contributed by atoms with Gasteiger partial charge in [-0.3, -0.25) is 10.1 Å². The summed E-state index contributed by atoms with van der Waals surface area (Å²) in [6.07, 6.45) is 0. The third-order valence-corrected chi connectivity index (χ3v) is 2.97. The van der Waals surface area contributed by atoms with Crippen LogP contribution in [0.2, 0.25) is 0 Å². The van der Waals surface area contributed by atoms with Crippen LogP contribution in [0.1, 0.15) is 5.56 Å². The minimum atomic E-state index is -0.580. The molecule has 0 bridgehead atoms. The number of benzene rings is 2. The molecule has 21 heavy (non-hydrogen) atoms. The highest BCUT2D eigenvalue weighted by Gasteiger charge is 2.15. The summed E-state index contributed by atoms with van der Waals surface area (Å²) in [7, 11) is 0. The van der Waals surface area contributed by atoms with E-state index in [1.165, 1.54) is 12.1 Å². The first-order valence-electron chi connectivity index (χ1n) is 6.02. The number of nitro groups is 1. The van der Waals surface area contributed by atoms with E-state index in [4.69, 9.17) is 14.7 Å². The minimum absolute atomic E-state index is 0.00532. The SMILES string of the molecule is N#Cc1cc(Nc2ccc3c(c2)OCO3)ccc1[N+](=O)[O-]. The van der Waals surface area contributed by atoms with Crippen LogP contribution in [-0.4, -0.2) is 11.7 Å². The number of fused-ring (bicyclic) bond motifs is 1. The molecule has 0 fully saturated rings.